The molecule has 128 valence electrons. The van der Waals surface area contributed by atoms with Crippen molar-refractivity contribution in [1.82, 2.24) is 5.06 Å². The first kappa shape index (κ1) is 17.0. The number of fused-ring (bicyclic) bond motifs is 1. The molecule has 3 rings (SSSR count). The quantitative estimate of drug-likeness (QED) is 0.764. The topological polar surface area (TPSA) is 72.9 Å². The first-order chi connectivity index (χ1) is 12.0. The Labute approximate surface area is 148 Å². The van der Waals surface area contributed by atoms with Gasteiger partial charge in [0.2, 0.25) is 0 Å². The van der Waals surface area contributed by atoms with Crippen LogP contribution in [-0.2, 0) is 4.84 Å². The van der Waals surface area contributed by atoms with Gasteiger partial charge in [-0.2, -0.15) is 0 Å². The van der Waals surface area contributed by atoms with Crippen LogP contribution in [0.5, 0.6) is 5.75 Å². The SMILES string of the molecule is CCCOc1ccc(Cl)cc1C(=O)ON1C(=O)c2ccccc2C1=O. The third-order valence-corrected chi connectivity index (χ3v) is 3.79. The molecular weight excluding hydrogens is 346 g/mol. The fourth-order valence-corrected chi connectivity index (χ4v) is 2.55. The Kier molecular flexibility index (Phi) is 4.72. The van der Waals surface area contributed by atoms with E-state index in [0.717, 1.165) is 6.42 Å². The number of imide groups is 1. The van der Waals surface area contributed by atoms with Gasteiger partial charge in [0, 0.05) is 5.02 Å². The molecule has 2 amide bonds. The Bertz CT molecular complexity index is 829. The molecule has 0 saturated carbocycles. The lowest BCUT2D eigenvalue weighted by Crippen LogP contribution is -2.32. The van der Waals surface area contributed by atoms with Gasteiger partial charge in [-0.25, -0.2) is 4.79 Å². The van der Waals surface area contributed by atoms with Crippen LogP contribution >= 0.6 is 11.6 Å². The van der Waals surface area contributed by atoms with Gasteiger partial charge in [0.15, 0.2) is 0 Å². The molecule has 2 aromatic rings. The van der Waals surface area contributed by atoms with Crippen LogP contribution in [-0.4, -0.2) is 29.5 Å². The summed E-state index contributed by atoms with van der Waals surface area (Å²) in [5.41, 5.74) is 0.417. The molecule has 25 heavy (non-hydrogen) atoms. The minimum absolute atomic E-state index is 0.0394. The summed E-state index contributed by atoms with van der Waals surface area (Å²) in [4.78, 5) is 42.0. The molecule has 6 nitrogen and oxygen atoms in total. The smallest absolute Gasteiger partial charge is 0.367 e. The van der Waals surface area contributed by atoms with Crippen molar-refractivity contribution < 1.29 is 24.0 Å². The zero-order valence-electron chi connectivity index (χ0n) is 13.3. The Morgan fingerprint density at radius 1 is 1.08 bits per heavy atom. The molecule has 0 fully saturated rings. The maximum atomic E-state index is 12.5. The third-order valence-electron chi connectivity index (χ3n) is 3.55. The Hall–Kier alpha value is -2.86. The minimum Gasteiger partial charge on any atom is -0.493 e. The van der Waals surface area contributed by atoms with Gasteiger partial charge >= 0.3 is 5.97 Å². The average Bonchev–Trinajstić information content (AvgIpc) is 2.86. The molecule has 7 heteroatoms. The van der Waals surface area contributed by atoms with Crippen LogP contribution in [0.15, 0.2) is 42.5 Å². The maximum Gasteiger partial charge on any atom is 0.367 e. The number of ether oxygens (including phenoxy) is 1. The number of nitrogens with zero attached hydrogens (tertiary/aromatic N) is 1. The molecule has 0 radical (unpaired) electrons. The largest absolute Gasteiger partial charge is 0.493 e. The highest BCUT2D eigenvalue weighted by molar-refractivity contribution is 6.31. The monoisotopic (exact) mass is 359 g/mol. The lowest BCUT2D eigenvalue weighted by molar-refractivity contribution is -0.0586. The second-order valence-electron chi connectivity index (χ2n) is 5.32. The van der Waals surface area contributed by atoms with E-state index in [1.165, 1.54) is 24.3 Å². The summed E-state index contributed by atoms with van der Waals surface area (Å²) in [6, 6.07) is 10.7. The zero-order chi connectivity index (χ0) is 18.0. The predicted molar refractivity (Wildman–Crippen MR) is 89.6 cm³/mol. The van der Waals surface area contributed by atoms with Crippen LogP contribution in [0.3, 0.4) is 0 Å². The molecule has 0 atom stereocenters. The maximum absolute atomic E-state index is 12.5. The molecule has 0 aliphatic carbocycles. The van der Waals surface area contributed by atoms with Gasteiger partial charge in [-0.05, 0) is 36.8 Å². The van der Waals surface area contributed by atoms with Crippen molar-refractivity contribution in [2.75, 3.05) is 6.61 Å². The molecule has 1 aliphatic rings. The molecule has 0 bridgehead atoms. The lowest BCUT2D eigenvalue weighted by atomic mass is 10.1. The first-order valence-electron chi connectivity index (χ1n) is 7.65. The molecular formula is C18H14ClNO5. The van der Waals surface area contributed by atoms with Gasteiger partial charge in [-0.15, -0.1) is 0 Å². The first-order valence-corrected chi connectivity index (χ1v) is 8.03. The van der Waals surface area contributed by atoms with Gasteiger partial charge in [0.05, 0.1) is 17.7 Å². The Balaban J connectivity index is 1.85. The van der Waals surface area contributed by atoms with Gasteiger partial charge in [0.1, 0.15) is 11.3 Å². The van der Waals surface area contributed by atoms with Crippen LogP contribution in [0.1, 0.15) is 44.4 Å². The molecule has 1 heterocycles. The van der Waals surface area contributed by atoms with Crippen LogP contribution in [0.4, 0.5) is 0 Å². The number of rotatable bonds is 5. The molecule has 2 aromatic carbocycles. The van der Waals surface area contributed by atoms with E-state index < -0.39 is 17.8 Å². The summed E-state index contributed by atoms with van der Waals surface area (Å²) < 4.78 is 5.49. The predicted octanol–water partition coefficient (Wildman–Crippen LogP) is 3.50. The number of hydrogen-bond donors (Lipinski definition) is 0. The lowest BCUT2D eigenvalue weighted by Gasteiger charge is -2.15. The normalized spacial score (nSPS) is 13.0. The molecule has 0 spiro atoms. The van der Waals surface area contributed by atoms with Crippen LogP contribution in [0.2, 0.25) is 5.02 Å². The van der Waals surface area contributed by atoms with Gasteiger partial charge < -0.3 is 9.57 Å². The van der Waals surface area contributed by atoms with Crippen molar-refractivity contribution in [3.8, 4) is 5.75 Å². The summed E-state index contributed by atoms with van der Waals surface area (Å²) in [5.74, 6) is -2.00. The summed E-state index contributed by atoms with van der Waals surface area (Å²) in [5, 5.41) is 0.760. The van der Waals surface area contributed by atoms with E-state index >= 15 is 0 Å². The van der Waals surface area contributed by atoms with E-state index in [-0.39, 0.29) is 22.4 Å². The number of hydroxylamine groups is 2. The second-order valence-corrected chi connectivity index (χ2v) is 5.75. The van der Waals surface area contributed by atoms with Crippen molar-refractivity contribution in [3.63, 3.8) is 0 Å². The van der Waals surface area contributed by atoms with E-state index in [1.807, 2.05) is 6.92 Å². The van der Waals surface area contributed by atoms with Crippen LogP contribution in [0.25, 0.3) is 0 Å². The summed E-state index contributed by atoms with van der Waals surface area (Å²) in [7, 11) is 0. The number of carbonyl (C=O) groups is 3. The van der Waals surface area contributed by atoms with Gasteiger partial charge in [-0.1, -0.05) is 35.7 Å². The minimum atomic E-state index is -0.900. The fourth-order valence-electron chi connectivity index (χ4n) is 2.38. The van der Waals surface area contributed by atoms with Crippen molar-refractivity contribution in [2.45, 2.75) is 13.3 Å². The molecule has 0 N–H and O–H groups in total. The molecule has 1 aliphatic heterocycles. The number of halogens is 1. The second kappa shape index (κ2) is 6.94. The Morgan fingerprint density at radius 3 is 2.32 bits per heavy atom. The highest BCUT2D eigenvalue weighted by atomic mass is 35.5. The summed E-state index contributed by atoms with van der Waals surface area (Å²) in [6.07, 6.45) is 0.746. The van der Waals surface area contributed by atoms with Gasteiger partial charge in [-0.3, -0.25) is 9.59 Å². The molecule has 0 unspecified atom stereocenters. The van der Waals surface area contributed by atoms with E-state index in [4.69, 9.17) is 21.2 Å². The Morgan fingerprint density at radius 2 is 1.72 bits per heavy atom. The standard InChI is InChI=1S/C18H14ClNO5/c1-2-9-24-15-8-7-11(19)10-14(15)18(23)25-20-16(21)12-5-3-4-6-13(12)17(20)22/h3-8,10H,2,9H2,1H3. The van der Waals surface area contributed by atoms with Crippen molar-refractivity contribution in [3.05, 3.63) is 64.2 Å². The molecule has 0 aromatic heterocycles. The van der Waals surface area contributed by atoms with Crippen LogP contribution in [0, 0.1) is 0 Å². The van der Waals surface area contributed by atoms with Crippen molar-refractivity contribution in [2.24, 2.45) is 0 Å². The van der Waals surface area contributed by atoms with Gasteiger partial charge in [0.25, 0.3) is 11.8 Å². The fraction of sp³-hybridized carbons (Fsp3) is 0.167. The summed E-state index contributed by atoms with van der Waals surface area (Å²) >= 11 is 5.93. The summed E-state index contributed by atoms with van der Waals surface area (Å²) in [6.45, 7) is 2.32. The van der Waals surface area contributed by atoms with E-state index in [2.05, 4.69) is 0 Å². The van der Waals surface area contributed by atoms with E-state index in [0.29, 0.717) is 16.7 Å². The van der Waals surface area contributed by atoms with Crippen molar-refractivity contribution >= 4 is 29.4 Å². The average molecular weight is 360 g/mol. The third kappa shape index (κ3) is 3.21. The highest BCUT2D eigenvalue weighted by Gasteiger charge is 2.39. The van der Waals surface area contributed by atoms with E-state index in [1.54, 1.807) is 18.2 Å². The van der Waals surface area contributed by atoms with Crippen LogP contribution < -0.4 is 4.74 Å². The molecule has 0 saturated heterocycles. The van der Waals surface area contributed by atoms with Crippen molar-refractivity contribution in [1.29, 1.82) is 0 Å². The van der Waals surface area contributed by atoms with E-state index in [9.17, 15) is 14.4 Å². The highest BCUT2D eigenvalue weighted by Crippen LogP contribution is 2.27. The number of carbonyl (C=O) groups excluding carboxylic acids is 3. The number of hydrogen-bond acceptors (Lipinski definition) is 5. The zero-order valence-corrected chi connectivity index (χ0v) is 14.1. The number of benzene rings is 2. The number of amides is 2.